The molecule has 0 aromatic heterocycles. The van der Waals surface area contributed by atoms with E-state index < -0.39 is 0 Å². The molecule has 1 heterocycles. The normalized spacial score (nSPS) is 26.5. The summed E-state index contributed by atoms with van der Waals surface area (Å²) in [6.45, 7) is 9.29. The van der Waals surface area contributed by atoms with E-state index in [-0.39, 0.29) is 11.5 Å². The third-order valence-electron chi connectivity index (χ3n) is 2.60. The van der Waals surface area contributed by atoms with Gasteiger partial charge in [0.25, 0.3) is 0 Å². The molecule has 1 amide bonds. The fourth-order valence-electron chi connectivity index (χ4n) is 1.64. The SMILES string of the molecule is CC.COC1(C)CCCN(C(C)=O)C1. The first-order valence-electron chi connectivity index (χ1n) is 5.38. The first-order valence-corrected chi connectivity index (χ1v) is 5.38. The molecule has 0 bridgehead atoms. The van der Waals surface area contributed by atoms with Gasteiger partial charge in [-0.15, -0.1) is 0 Å². The van der Waals surface area contributed by atoms with Gasteiger partial charge in [0, 0.05) is 27.1 Å². The summed E-state index contributed by atoms with van der Waals surface area (Å²) in [5.74, 6) is 0.151. The Morgan fingerprint density at radius 1 is 1.43 bits per heavy atom. The van der Waals surface area contributed by atoms with Crippen LogP contribution >= 0.6 is 0 Å². The van der Waals surface area contributed by atoms with E-state index in [0.717, 1.165) is 25.9 Å². The maximum atomic E-state index is 11.1. The van der Waals surface area contributed by atoms with Gasteiger partial charge in [-0.2, -0.15) is 0 Å². The monoisotopic (exact) mass is 201 g/mol. The van der Waals surface area contributed by atoms with Crippen molar-refractivity contribution in [3.8, 4) is 0 Å². The highest BCUT2D eigenvalue weighted by Gasteiger charge is 2.31. The van der Waals surface area contributed by atoms with Gasteiger partial charge in [-0.05, 0) is 19.8 Å². The lowest BCUT2D eigenvalue weighted by molar-refractivity contribution is -0.136. The summed E-state index contributed by atoms with van der Waals surface area (Å²) in [5.41, 5.74) is -0.121. The van der Waals surface area contributed by atoms with E-state index in [0.29, 0.717) is 0 Å². The molecule has 0 N–H and O–H groups in total. The molecule has 1 aliphatic heterocycles. The molecule has 0 aromatic rings. The van der Waals surface area contributed by atoms with Crippen molar-refractivity contribution in [2.24, 2.45) is 0 Å². The van der Waals surface area contributed by atoms with Crippen LogP contribution in [0.25, 0.3) is 0 Å². The van der Waals surface area contributed by atoms with Gasteiger partial charge < -0.3 is 9.64 Å². The van der Waals surface area contributed by atoms with Crippen molar-refractivity contribution in [1.82, 2.24) is 4.90 Å². The number of nitrogens with zero attached hydrogens (tertiary/aromatic N) is 1. The molecular formula is C11H23NO2. The van der Waals surface area contributed by atoms with Crippen molar-refractivity contribution in [2.45, 2.75) is 46.1 Å². The van der Waals surface area contributed by atoms with Crippen molar-refractivity contribution in [1.29, 1.82) is 0 Å². The number of ether oxygens (including phenoxy) is 1. The van der Waals surface area contributed by atoms with E-state index in [1.807, 2.05) is 18.7 Å². The number of methoxy groups -OCH3 is 1. The molecule has 0 spiro atoms. The van der Waals surface area contributed by atoms with E-state index in [1.165, 1.54) is 0 Å². The first kappa shape index (κ1) is 13.4. The Bertz CT molecular complexity index is 182. The number of amides is 1. The maximum Gasteiger partial charge on any atom is 0.219 e. The Labute approximate surface area is 87.4 Å². The van der Waals surface area contributed by atoms with E-state index in [1.54, 1.807) is 14.0 Å². The van der Waals surface area contributed by atoms with Crippen LogP contribution in [0, 0.1) is 0 Å². The standard InChI is InChI=1S/C9H17NO2.C2H6/c1-8(11)10-6-4-5-9(2,7-10)12-3;1-2/h4-7H2,1-3H3;1-2H3. The summed E-state index contributed by atoms with van der Waals surface area (Å²) >= 11 is 0. The minimum absolute atomic E-state index is 0.121. The lowest BCUT2D eigenvalue weighted by Gasteiger charge is -2.38. The number of hydrogen-bond donors (Lipinski definition) is 0. The van der Waals surface area contributed by atoms with Gasteiger partial charge in [0.1, 0.15) is 0 Å². The van der Waals surface area contributed by atoms with Gasteiger partial charge >= 0.3 is 0 Å². The predicted octanol–water partition coefficient (Wildman–Crippen LogP) is 2.06. The minimum atomic E-state index is -0.121. The van der Waals surface area contributed by atoms with Gasteiger partial charge in [0.15, 0.2) is 0 Å². The Kier molecular flexibility index (Phi) is 5.77. The Morgan fingerprint density at radius 2 is 2.00 bits per heavy atom. The molecule has 84 valence electrons. The minimum Gasteiger partial charge on any atom is -0.377 e. The van der Waals surface area contributed by atoms with Gasteiger partial charge in [0.2, 0.25) is 5.91 Å². The van der Waals surface area contributed by atoms with Gasteiger partial charge in [-0.1, -0.05) is 13.8 Å². The molecule has 1 rings (SSSR count). The Balaban J connectivity index is 0.000000791. The van der Waals surface area contributed by atoms with Crippen LogP contribution in [0.2, 0.25) is 0 Å². The maximum absolute atomic E-state index is 11.1. The van der Waals surface area contributed by atoms with E-state index in [9.17, 15) is 4.79 Å². The van der Waals surface area contributed by atoms with Crippen LogP contribution in [0.5, 0.6) is 0 Å². The molecule has 1 unspecified atom stereocenters. The van der Waals surface area contributed by atoms with Crippen molar-refractivity contribution in [3.63, 3.8) is 0 Å². The third kappa shape index (κ3) is 3.66. The highest BCUT2D eigenvalue weighted by Crippen LogP contribution is 2.23. The quantitative estimate of drug-likeness (QED) is 0.650. The van der Waals surface area contributed by atoms with Crippen LogP contribution in [-0.4, -0.2) is 36.6 Å². The van der Waals surface area contributed by atoms with Crippen LogP contribution in [0.3, 0.4) is 0 Å². The average Bonchev–Trinajstić information content (AvgIpc) is 2.21. The Hall–Kier alpha value is -0.570. The topological polar surface area (TPSA) is 29.5 Å². The molecule has 0 radical (unpaired) electrons. The summed E-state index contributed by atoms with van der Waals surface area (Å²) in [6, 6.07) is 0. The second-order valence-corrected chi connectivity index (χ2v) is 3.70. The summed E-state index contributed by atoms with van der Waals surface area (Å²) in [7, 11) is 1.71. The molecular weight excluding hydrogens is 178 g/mol. The number of rotatable bonds is 1. The van der Waals surface area contributed by atoms with Gasteiger partial charge in [-0.25, -0.2) is 0 Å². The van der Waals surface area contributed by atoms with Crippen molar-refractivity contribution < 1.29 is 9.53 Å². The van der Waals surface area contributed by atoms with E-state index >= 15 is 0 Å². The molecule has 0 aliphatic carbocycles. The summed E-state index contributed by atoms with van der Waals surface area (Å²) in [5, 5.41) is 0. The second-order valence-electron chi connectivity index (χ2n) is 3.70. The molecule has 0 aromatic carbocycles. The number of carbonyl (C=O) groups excluding carboxylic acids is 1. The smallest absolute Gasteiger partial charge is 0.219 e. The molecule has 1 aliphatic rings. The first-order chi connectivity index (χ1) is 6.57. The molecule has 1 atom stereocenters. The Morgan fingerprint density at radius 3 is 2.43 bits per heavy atom. The predicted molar refractivity (Wildman–Crippen MR) is 58.3 cm³/mol. The fourth-order valence-corrected chi connectivity index (χ4v) is 1.64. The molecule has 1 fully saturated rings. The molecule has 1 saturated heterocycles. The lowest BCUT2D eigenvalue weighted by Crippen LogP contribution is -2.48. The second kappa shape index (κ2) is 6.02. The molecule has 3 nitrogen and oxygen atoms in total. The average molecular weight is 201 g/mol. The number of hydrogen-bond acceptors (Lipinski definition) is 2. The van der Waals surface area contributed by atoms with Crippen LogP contribution in [0.4, 0.5) is 0 Å². The highest BCUT2D eigenvalue weighted by atomic mass is 16.5. The molecule has 0 saturated carbocycles. The number of carbonyl (C=O) groups is 1. The zero-order chi connectivity index (χ0) is 11.2. The van der Waals surface area contributed by atoms with Crippen molar-refractivity contribution in [2.75, 3.05) is 20.2 Å². The van der Waals surface area contributed by atoms with E-state index in [2.05, 4.69) is 6.92 Å². The molecule has 3 heteroatoms. The summed E-state index contributed by atoms with van der Waals surface area (Å²) in [6.07, 6.45) is 2.09. The zero-order valence-corrected chi connectivity index (χ0v) is 10.1. The lowest BCUT2D eigenvalue weighted by atomic mass is 9.95. The van der Waals surface area contributed by atoms with Gasteiger partial charge in [0.05, 0.1) is 5.60 Å². The molecule has 14 heavy (non-hydrogen) atoms. The number of piperidine rings is 1. The van der Waals surface area contributed by atoms with Crippen LogP contribution in [0.15, 0.2) is 0 Å². The largest absolute Gasteiger partial charge is 0.377 e. The number of likely N-dealkylation sites (tertiary alicyclic amines) is 1. The van der Waals surface area contributed by atoms with Gasteiger partial charge in [-0.3, -0.25) is 4.79 Å². The van der Waals surface area contributed by atoms with Crippen LogP contribution < -0.4 is 0 Å². The van der Waals surface area contributed by atoms with Crippen LogP contribution in [0.1, 0.15) is 40.5 Å². The third-order valence-corrected chi connectivity index (χ3v) is 2.60. The van der Waals surface area contributed by atoms with Crippen LogP contribution in [-0.2, 0) is 9.53 Å². The highest BCUT2D eigenvalue weighted by molar-refractivity contribution is 5.73. The fraction of sp³-hybridized carbons (Fsp3) is 0.909. The zero-order valence-electron chi connectivity index (χ0n) is 10.1. The summed E-state index contributed by atoms with van der Waals surface area (Å²) in [4.78, 5) is 12.9. The van der Waals surface area contributed by atoms with Crippen molar-refractivity contribution >= 4 is 5.91 Å². The van der Waals surface area contributed by atoms with Crippen molar-refractivity contribution in [3.05, 3.63) is 0 Å². The van der Waals surface area contributed by atoms with E-state index in [4.69, 9.17) is 4.74 Å². The summed E-state index contributed by atoms with van der Waals surface area (Å²) < 4.78 is 5.37.